The van der Waals surface area contributed by atoms with Crippen LogP contribution < -0.4 is 4.74 Å². The molecule has 1 saturated heterocycles. The Labute approximate surface area is 120 Å². The first-order chi connectivity index (χ1) is 10.0. The van der Waals surface area contributed by atoms with Crippen molar-refractivity contribution in [3.8, 4) is 5.88 Å². The van der Waals surface area contributed by atoms with Crippen LogP contribution in [0.3, 0.4) is 0 Å². The highest BCUT2D eigenvalue weighted by molar-refractivity contribution is 5.78. The van der Waals surface area contributed by atoms with E-state index in [0.29, 0.717) is 5.88 Å². The molecule has 1 unspecified atom stereocenters. The van der Waals surface area contributed by atoms with Gasteiger partial charge in [0.05, 0.1) is 12.1 Å². The molecule has 3 rings (SSSR count). The zero-order chi connectivity index (χ0) is 14.9. The van der Waals surface area contributed by atoms with E-state index in [1.165, 1.54) is 0 Å². The molecule has 0 radical (unpaired) electrons. The summed E-state index contributed by atoms with van der Waals surface area (Å²) in [5.41, 5.74) is 0.820. The minimum Gasteiger partial charge on any atom is -0.477 e. The van der Waals surface area contributed by atoms with E-state index in [-0.39, 0.29) is 13.0 Å². The Morgan fingerprint density at radius 1 is 1.29 bits per heavy atom. The third kappa shape index (κ3) is 2.96. The lowest BCUT2D eigenvalue weighted by Crippen LogP contribution is -2.38. The van der Waals surface area contributed by atoms with Gasteiger partial charge in [-0.15, -0.1) is 0 Å². The Morgan fingerprint density at radius 2 is 2.10 bits per heavy atom. The maximum absolute atomic E-state index is 11.1. The van der Waals surface area contributed by atoms with E-state index in [2.05, 4.69) is 4.98 Å². The van der Waals surface area contributed by atoms with E-state index in [1.54, 1.807) is 6.07 Å². The van der Waals surface area contributed by atoms with Gasteiger partial charge in [-0.3, -0.25) is 4.79 Å². The smallest absolute Gasteiger partial charge is 0.311 e. The van der Waals surface area contributed by atoms with Gasteiger partial charge < -0.3 is 19.7 Å². The lowest BCUT2D eigenvalue weighted by Gasteiger charge is -2.20. The van der Waals surface area contributed by atoms with Crippen molar-refractivity contribution in [1.82, 2.24) is 4.98 Å². The normalized spacial score (nSPS) is 20.5. The number of hydrogen-bond donors (Lipinski definition) is 2. The molecule has 0 aliphatic carbocycles. The summed E-state index contributed by atoms with van der Waals surface area (Å²) in [4.78, 5) is 15.4. The Kier molecular flexibility index (Phi) is 3.48. The van der Waals surface area contributed by atoms with Gasteiger partial charge in [0.2, 0.25) is 11.7 Å². The van der Waals surface area contributed by atoms with Crippen molar-refractivity contribution in [1.29, 1.82) is 0 Å². The van der Waals surface area contributed by atoms with Crippen molar-refractivity contribution >= 4 is 16.9 Å². The molecule has 0 saturated carbocycles. The van der Waals surface area contributed by atoms with Gasteiger partial charge in [-0.1, -0.05) is 18.2 Å². The monoisotopic (exact) mass is 289 g/mol. The number of aromatic nitrogens is 1. The van der Waals surface area contributed by atoms with Crippen molar-refractivity contribution in [3.63, 3.8) is 0 Å². The maximum Gasteiger partial charge on any atom is 0.311 e. The van der Waals surface area contributed by atoms with E-state index in [1.807, 2.05) is 30.3 Å². The molecular formula is C15H15NO5. The number of para-hydroxylation sites is 1. The third-order valence-electron chi connectivity index (χ3n) is 3.40. The van der Waals surface area contributed by atoms with Crippen LogP contribution in [0.15, 0.2) is 36.4 Å². The lowest BCUT2D eigenvalue weighted by molar-refractivity contribution is -0.196. The number of nitrogens with zero attached hydrogens (tertiary/aromatic N) is 1. The summed E-state index contributed by atoms with van der Waals surface area (Å²) >= 11 is 0. The van der Waals surface area contributed by atoms with Crippen LogP contribution in [0, 0.1) is 0 Å². The molecule has 1 atom stereocenters. The Morgan fingerprint density at radius 3 is 2.86 bits per heavy atom. The second-order valence-corrected chi connectivity index (χ2v) is 5.01. The molecular weight excluding hydrogens is 274 g/mol. The Bertz CT molecular complexity index is 670. The highest BCUT2D eigenvalue weighted by Crippen LogP contribution is 2.26. The zero-order valence-corrected chi connectivity index (χ0v) is 11.2. The molecule has 6 heteroatoms. The number of benzene rings is 1. The van der Waals surface area contributed by atoms with Crippen LogP contribution in [0.25, 0.3) is 10.9 Å². The first-order valence-corrected chi connectivity index (χ1v) is 6.67. The minimum atomic E-state index is -2.11. The third-order valence-corrected chi connectivity index (χ3v) is 3.40. The second kappa shape index (κ2) is 5.31. The van der Waals surface area contributed by atoms with E-state index in [4.69, 9.17) is 9.47 Å². The van der Waals surface area contributed by atoms with Crippen molar-refractivity contribution in [3.05, 3.63) is 36.4 Å². The van der Waals surface area contributed by atoms with Crippen molar-refractivity contribution < 1.29 is 24.5 Å². The summed E-state index contributed by atoms with van der Waals surface area (Å²) in [6, 6.07) is 11.3. The number of cyclic esters (lactones) is 1. The minimum absolute atomic E-state index is 0.173. The Hall–Kier alpha value is -2.18. The van der Waals surface area contributed by atoms with Crippen LogP contribution in [-0.2, 0) is 9.53 Å². The topological polar surface area (TPSA) is 88.9 Å². The van der Waals surface area contributed by atoms with Gasteiger partial charge in [0.1, 0.15) is 6.42 Å². The van der Waals surface area contributed by atoms with Crippen molar-refractivity contribution in [2.75, 3.05) is 6.61 Å². The number of aliphatic hydroxyl groups is 2. The summed E-state index contributed by atoms with van der Waals surface area (Å²) in [6.07, 6.45) is -1.19. The number of carbonyl (C=O) groups excluding carboxylic acids is 1. The van der Waals surface area contributed by atoms with Crippen molar-refractivity contribution in [2.45, 2.75) is 24.7 Å². The molecule has 1 fully saturated rings. The summed E-state index contributed by atoms with van der Waals surface area (Å²) in [6.45, 7) is 0.173. The average molecular weight is 289 g/mol. The highest BCUT2D eigenvalue weighted by Gasteiger charge is 2.46. The molecule has 2 heterocycles. The fourth-order valence-corrected chi connectivity index (χ4v) is 2.31. The van der Waals surface area contributed by atoms with E-state index < -0.39 is 24.3 Å². The fourth-order valence-electron chi connectivity index (χ4n) is 2.31. The SMILES string of the molecule is O=C1CC(O)(O)C(CCOc2ccc3ccccc3n2)O1. The quantitative estimate of drug-likeness (QED) is 0.645. The molecule has 0 spiro atoms. The zero-order valence-electron chi connectivity index (χ0n) is 11.2. The second-order valence-electron chi connectivity index (χ2n) is 5.01. The number of ether oxygens (including phenoxy) is 2. The van der Waals surface area contributed by atoms with Gasteiger partial charge in [-0.25, -0.2) is 4.98 Å². The van der Waals surface area contributed by atoms with Gasteiger partial charge in [0.15, 0.2) is 6.10 Å². The molecule has 21 heavy (non-hydrogen) atoms. The molecule has 110 valence electrons. The number of carbonyl (C=O) groups is 1. The average Bonchev–Trinajstić information content (AvgIpc) is 2.71. The first kappa shape index (κ1) is 13.8. The predicted octanol–water partition coefficient (Wildman–Crippen LogP) is 1.00. The van der Waals surface area contributed by atoms with Crippen LogP contribution in [0.4, 0.5) is 0 Å². The molecule has 1 aliphatic rings. The highest BCUT2D eigenvalue weighted by atomic mass is 16.6. The van der Waals surface area contributed by atoms with Crippen LogP contribution >= 0.6 is 0 Å². The molecule has 6 nitrogen and oxygen atoms in total. The van der Waals surface area contributed by atoms with E-state index in [0.717, 1.165) is 10.9 Å². The molecule has 0 bridgehead atoms. The molecule has 1 aromatic heterocycles. The van der Waals surface area contributed by atoms with Gasteiger partial charge >= 0.3 is 5.97 Å². The summed E-state index contributed by atoms with van der Waals surface area (Å²) in [7, 11) is 0. The van der Waals surface area contributed by atoms with Crippen molar-refractivity contribution in [2.24, 2.45) is 0 Å². The largest absolute Gasteiger partial charge is 0.477 e. The summed E-state index contributed by atoms with van der Waals surface area (Å²) < 4.78 is 10.3. The number of rotatable bonds is 4. The molecule has 1 aliphatic heterocycles. The van der Waals surface area contributed by atoms with E-state index in [9.17, 15) is 15.0 Å². The molecule has 2 N–H and O–H groups in total. The van der Waals surface area contributed by atoms with Gasteiger partial charge in [-0.2, -0.15) is 0 Å². The summed E-state index contributed by atoms with van der Waals surface area (Å²) in [5.74, 6) is -2.29. The van der Waals surface area contributed by atoms with Crippen LogP contribution in [0.5, 0.6) is 5.88 Å². The van der Waals surface area contributed by atoms with Gasteiger partial charge in [0.25, 0.3) is 0 Å². The van der Waals surface area contributed by atoms with Gasteiger partial charge in [-0.05, 0) is 12.1 Å². The number of fused-ring (bicyclic) bond motifs is 1. The number of pyridine rings is 1. The first-order valence-electron chi connectivity index (χ1n) is 6.67. The molecule has 1 aromatic carbocycles. The standard InChI is InChI=1S/C15H15NO5/c17-14-9-15(18,19)12(21-14)7-8-20-13-6-5-10-3-1-2-4-11(10)16-13/h1-6,12,18-19H,7-9H2. The van der Waals surface area contributed by atoms with Crippen LogP contribution in [-0.4, -0.2) is 39.7 Å². The van der Waals surface area contributed by atoms with Crippen LogP contribution in [0.2, 0.25) is 0 Å². The number of hydrogen-bond acceptors (Lipinski definition) is 6. The number of esters is 1. The predicted molar refractivity (Wildman–Crippen MR) is 73.5 cm³/mol. The summed E-state index contributed by atoms with van der Waals surface area (Å²) in [5, 5.41) is 20.2. The maximum atomic E-state index is 11.1. The van der Waals surface area contributed by atoms with E-state index >= 15 is 0 Å². The Balaban J connectivity index is 1.60. The van der Waals surface area contributed by atoms with Gasteiger partial charge in [0, 0.05) is 17.9 Å². The molecule has 0 amide bonds. The van der Waals surface area contributed by atoms with Crippen LogP contribution in [0.1, 0.15) is 12.8 Å². The lowest BCUT2D eigenvalue weighted by atomic mass is 10.1. The fraction of sp³-hybridized carbons (Fsp3) is 0.333. The molecule has 2 aromatic rings.